The molecule has 1 unspecified atom stereocenters. The first-order chi connectivity index (χ1) is 9.36. The molecular weight excluding hydrogens is 252 g/mol. The number of hydrogen-bond donors (Lipinski definition) is 1. The van der Waals surface area contributed by atoms with Crippen LogP contribution in [0.2, 0.25) is 0 Å². The summed E-state index contributed by atoms with van der Waals surface area (Å²) in [7, 11) is 0. The molecule has 1 atom stereocenters. The molecule has 1 aliphatic carbocycles. The number of aliphatic hydroxyl groups is 1. The average molecular weight is 274 g/mol. The molecular formula is C17H22OS. The molecule has 1 saturated carbocycles. The number of hydrogen-bond acceptors (Lipinski definition) is 2. The largest absolute Gasteiger partial charge is 0.388 e. The molecule has 1 nitrogen and oxygen atoms in total. The van der Waals surface area contributed by atoms with Crippen LogP contribution >= 0.6 is 11.3 Å². The van der Waals surface area contributed by atoms with Crippen molar-refractivity contribution in [1.82, 2.24) is 0 Å². The van der Waals surface area contributed by atoms with Gasteiger partial charge in [-0.3, -0.25) is 0 Å². The third-order valence-corrected chi connectivity index (χ3v) is 5.40. The molecule has 2 heteroatoms. The summed E-state index contributed by atoms with van der Waals surface area (Å²) in [5.74, 6) is 0.452. The lowest BCUT2D eigenvalue weighted by molar-refractivity contribution is 0.0927. The van der Waals surface area contributed by atoms with Gasteiger partial charge in [-0.05, 0) is 41.2 Å². The van der Waals surface area contributed by atoms with Gasteiger partial charge in [0, 0.05) is 4.70 Å². The average Bonchev–Trinajstić information content (AvgIpc) is 2.85. The van der Waals surface area contributed by atoms with E-state index in [1.807, 2.05) is 0 Å². The van der Waals surface area contributed by atoms with Crippen LogP contribution < -0.4 is 0 Å². The molecule has 0 saturated heterocycles. The van der Waals surface area contributed by atoms with E-state index in [0.717, 1.165) is 5.56 Å². The Morgan fingerprint density at radius 3 is 2.53 bits per heavy atom. The van der Waals surface area contributed by atoms with Gasteiger partial charge in [-0.15, -0.1) is 11.3 Å². The Labute approximate surface area is 119 Å². The Morgan fingerprint density at radius 1 is 1.00 bits per heavy atom. The smallest absolute Gasteiger partial charge is 0.0832 e. The molecule has 0 spiro atoms. The van der Waals surface area contributed by atoms with E-state index in [4.69, 9.17) is 0 Å². The summed E-state index contributed by atoms with van der Waals surface area (Å²) in [6.45, 7) is 0. The summed E-state index contributed by atoms with van der Waals surface area (Å²) < 4.78 is 1.28. The fourth-order valence-electron chi connectivity index (χ4n) is 3.31. The van der Waals surface area contributed by atoms with Crippen molar-refractivity contribution in [2.24, 2.45) is 5.92 Å². The van der Waals surface area contributed by atoms with Gasteiger partial charge >= 0.3 is 0 Å². The van der Waals surface area contributed by atoms with E-state index in [2.05, 4.69) is 29.6 Å². The summed E-state index contributed by atoms with van der Waals surface area (Å²) in [6, 6.07) is 8.48. The fraction of sp³-hybridized carbons (Fsp3) is 0.529. The Balaban J connectivity index is 1.85. The molecule has 0 amide bonds. The molecule has 1 heterocycles. The zero-order valence-corrected chi connectivity index (χ0v) is 12.2. The van der Waals surface area contributed by atoms with E-state index in [1.165, 1.54) is 55.0 Å². The molecule has 1 aromatic heterocycles. The van der Waals surface area contributed by atoms with Crippen LogP contribution in [0.15, 0.2) is 29.6 Å². The van der Waals surface area contributed by atoms with Crippen LogP contribution in [0.5, 0.6) is 0 Å². The van der Waals surface area contributed by atoms with Crippen LogP contribution in [0.1, 0.15) is 56.6 Å². The highest BCUT2D eigenvalue weighted by molar-refractivity contribution is 7.17. The van der Waals surface area contributed by atoms with Crippen molar-refractivity contribution in [3.8, 4) is 0 Å². The van der Waals surface area contributed by atoms with Crippen molar-refractivity contribution in [1.29, 1.82) is 0 Å². The van der Waals surface area contributed by atoms with Crippen LogP contribution in [0.3, 0.4) is 0 Å². The molecule has 0 radical (unpaired) electrons. The van der Waals surface area contributed by atoms with Crippen molar-refractivity contribution in [2.75, 3.05) is 0 Å². The standard InChI is InChI=1S/C17H22OS/c18-16(13-7-4-2-1-3-5-8-13)15-10-6-9-14-11-12-19-17(14)15/h6,9-13,16,18H,1-5,7-8H2. The van der Waals surface area contributed by atoms with Crippen LogP contribution in [-0.2, 0) is 0 Å². The third kappa shape index (κ3) is 2.85. The molecule has 3 rings (SSSR count). The minimum absolute atomic E-state index is 0.277. The Kier molecular flexibility index (Phi) is 4.19. The third-order valence-electron chi connectivity index (χ3n) is 4.42. The van der Waals surface area contributed by atoms with Gasteiger partial charge in [-0.1, -0.05) is 50.3 Å². The second-order valence-electron chi connectivity index (χ2n) is 5.74. The van der Waals surface area contributed by atoms with E-state index in [-0.39, 0.29) is 6.10 Å². The van der Waals surface area contributed by atoms with Crippen molar-refractivity contribution in [3.63, 3.8) is 0 Å². The molecule has 0 aliphatic heterocycles. The van der Waals surface area contributed by atoms with Gasteiger partial charge in [0.25, 0.3) is 0 Å². The highest BCUT2D eigenvalue weighted by Crippen LogP contribution is 2.37. The molecule has 2 aromatic rings. The highest BCUT2D eigenvalue weighted by atomic mass is 32.1. The maximum atomic E-state index is 10.8. The summed E-state index contributed by atoms with van der Waals surface area (Å²) in [5.41, 5.74) is 1.15. The lowest BCUT2D eigenvalue weighted by Crippen LogP contribution is -2.14. The van der Waals surface area contributed by atoms with Crippen LogP contribution in [0.4, 0.5) is 0 Å². The van der Waals surface area contributed by atoms with Crippen molar-refractivity contribution in [3.05, 3.63) is 35.2 Å². The van der Waals surface area contributed by atoms with Crippen LogP contribution in [0.25, 0.3) is 10.1 Å². The first-order valence-corrected chi connectivity index (χ1v) is 8.38. The Hall–Kier alpha value is -0.860. The Bertz CT molecular complexity index is 523. The first kappa shape index (κ1) is 13.1. The molecule has 102 valence electrons. The summed E-state index contributed by atoms with van der Waals surface area (Å²) in [5, 5.41) is 14.2. The van der Waals surface area contributed by atoms with Gasteiger partial charge < -0.3 is 5.11 Å². The lowest BCUT2D eigenvalue weighted by Gasteiger charge is -2.25. The zero-order valence-electron chi connectivity index (χ0n) is 11.3. The van der Waals surface area contributed by atoms with E-state index in [0.29, 0.717) is 5.92 Å². The van der Waals surface area contributed by atoms with Crippen LogP contribution in [0, 0.1) is 5.92 Å². The summed E-state index contributed by atoms with van der Waals surface area (Å²) in [6.07, 6.45) is 8.71. The second kappa shape index (κ2) is 6.06. The lowest BCUT2D eigenvalue weighted by atomic mass is 9.84. The number of fused-ring (bicyclic) bond motifs is 1. The quantitative estimate of drug-likeness (QED) is 0.788. The first-order valence-electron chi connectivity index (χ1n) is 7.50. The molecule has 1 aliphatic rings. The number of rotatable bonds is 2. The minimum Gasteiger partial charge on any atom is -0.388 e. The number of benzene rings is 1. The van der Waals surface area contributed by atoms with Crippen molar-refractivity contribution in [2.45, 2.75) is 51.0 Å². The van der Waals surface area contributed by atoms with Gasteiger partial charge in [0.1, 0.15) is 0 Å². The molecule has 1 aromatic carbocycles. The molecule has 1 N–H and O–H groups in total. The van der Waals surface area contributed by atoms with E-state index < -0.39 is 0 Å². The maximum Gasteiger partial charge on any atom is 0.0832 e. The molecule has 19 heavy (non-hydrogen) atoms. The zero-order chi connectivity index (χ0) is 13.1. The van der Waals surface area contributed by atoms with Gasteiger partial charge in [0.2, 0.25) is 0 Å². The fourth-order valence-corrected chi connectivity index (χ4v) is 4.25. The molecule has 1 fully saturated rings. The molecule has 0 bridgehead atoms. The summed E-state index contributed by atoms with van der Waals surface area (Å²) in [4.78, 5) is 0. The van der Waals surface area contributed by atoms with E-state index in [1.54, 1.807) is 11.3 Å². The summed E-state index contributed by atoms with van der Waals surface area (Å²) >= 11 is 1.76. The van der Waals surface area contributed by atoms with E-state index >= 15 is 0 Å². The van der Waals surface area contributed by atoms with Gasteiger partial charge in [0.05, 0.1) is 6.10 Å². The number of aliphatic hydroxyl groups excluding tert-OH is 1. The Morgan fingerprint density at radius 2 is 1.74 bits per heavy atom. The van der Waals surface area contributed by atoms with Gasteiger partial charge in [0.15, 0.2) is 0 Å². The minimum atomic E-state index is -0.277. The topological polar surface area (TPSA) is 20.2 Å². The predicted octanol–water partition coefficient (Wildman–Crippen LogP) is 5.30. The van der Waals surface area contributed by atoms with Crippen molar-refractivity contribution >= 4 is 21.4 Å². The van der Waals surface area contributed by atoms with Crippen LogP contribution in [-0.4, -0.2) is 5.11 Å². The predicted molar refractivity (Wildman–Crippen MR) is 82.6 cm³/mol. The SMILES string of the molecule is OC(c1cccc2ccsc12)C1CCCCCCC1. The maximum absolute atomic E-state index is 10.8. The highest BCUT2D eigenvalue weighted by Gasteiger charge is 2.23. The monoisotopic (exact) mass is 274 g/mol. The van der Waals surface area contributed by atoms with Gasteiger partial charge in [-0.2, -0.15) is 0 Å². The second-order valence-corrected chi connectivity index (χ2v) is 6.65. The van der Waals surface area contributed by atoms with Gasteiger partial charge in [-0.25, -0.2) is 0 Å². The van der Waals surface area contributed by atoms with Crippen molar-refractivity contribution < 1.29 is 5.11 Å². The normalized spacial score (nSPS) is 20.1. The van der Waals surface area contributed by atoms with E-state index in [9.17, 15) is 5.11 Å². The number of thiophene rings is 1.